The van der Waals surface area contributed by atoms with E-state index in [1.165, 1.54) is 12.1 Å². The molecule has 0 saturated carbocycles. The van der Waals surface area contributed by atoms with Crippen LogP contribution in [-0.2, 0) is 4.79 Å². The average Bonchev–Trinajstić information content (AvgIpc) is 2.72. The van der Waals surface area contributed by atoms with Gasteiger partial charge in [-0.25, -0.2) is 0 Å². The molecule has 3 rings (SSSR count). The molecule has 0 atom stereocenters. The van der Waals surface area contributed by atoms with Crippen LogP contribution in [-0.4, -0.2) is 41.8 Å². The van der Waals surface area contributed by atoms with Gasteiger partial charge in [0.1, 0.15) is 0 Å². The predicted octanol–water partition coefficient (Wildman–Crippen LogP) is 4.62. The van der Waals surface area contributed by atoms with E-state index in [1.54, 1.807) is 35.2 Å². The Bertz CT molecular complexity index is 948. The van der Waals surface area contributed by atoms with Gasteiger partial charge in [0, 0.05) is 51.9 Å². The van der Waals surface area contributed by atoms with Crippen molar-refractivity contribution < 1.29 is 14.4 Å². The van der Waals surface area contributed by atoms with Crippen LogP contribution >= 0.6 is 23.2 Å². The van der Waals surface area contributed by atoms with Crippen molar-refractivity contribution >= 4 is 46.6 Å². The molecule has 1 heterocycles. The smallest absolute Gasteiger partial charge is 0.255 e. The van der Waals surface area contributed by atoms with Crippen LogP contribution in [0.2, 0.25) is 10.0 Å². The first kappa shape index (κ1) is 23.1. The number of hydrogen-bond acceptors (Lipinski definition) is 3. The number of carbonyl (C=O) groups excluding carboxylic acids is 3. The number of nitrogens with one attached hydrogen (secondary N) is 2. The number of rotatable bonds is 5. The van der Waals surface area contributed by atoms with Crippen LogP contribution in [0, 0.1) is 5.92 Å². The summed E-state index contributed by atoms with van der Waals surface area (Å²) < 4.78 is 0. The zero-order valence-electron chi connectivity index (χ0n) is 17.5. The topological polar surface area (TPSA) is 78.5 Å². The summed E-state index contributed by atoms with van der Waals surface area (Å²) in [6.45, 7) is 4.96. The first-order chi connectivity index (χ1) is 14.7. The Morgan fingerprint density at radius 2 is 1.52 bits per heavy atom. The van der Waals surface area contributed by atoms with Crippen molar-refractivity contribution in [2.75, 3.05) is 18.4 Å². The molecule has 2 N–H and O–H groups in total. The van der Waals surface area contributed by atoms with Crippen molar-refractivity contribution in [1.82, 2.24) is 10.2 Å². The van der Waals surface area contributed by atoms with Gasteiger partial charge in [0.15, 0.2) is 0 Å². The minimum atomic E-state index is -0.342. The van der Waals surface area contributed by atoms with Gasteiger partial charge in [-0.15, -0.1) is 0 Å². The highest BCUT2D eigenvalue weighted by Crippen LogP contribution is 2.22. The third-order valence-corrected chi connectivity index (χ3v) is 5.53. The molecule has 164 valence electrons. The van der Waals surface area contributed by atoms with Crippen LogP contribution in [0.1, 0.15) is 47.4 Å². The molecule has 0 radical (unpaired) electrons. The summed E-state index contributed by atoms with van der Waals surface area (Å²) in [6, 6.07) is 11.5. The summed E-state index contributed by atoms with van der Waals surface area (Å²) in [7, 11) is 0. The van der Waals surface area contributed by atoms with Gasteiger partial charge in [0.2, 0.25) is 5.91 Å². The van der Waals surface area contributed by atoms with Gasteiger partial charge in [-0.05, 0) is 69.2 Å². The number of hydrogen-bond donors (Lipinski definition) is 2. The second-order valence-electron chi connectivity index (χ2n) is 7.92. The molecule has 1 aliphatic rings. The van der Waals surface area contributed by atoms with Crippen LogP contribution < -0.4 is 10.6 Å². The summed E-state index contributed by atoms with van der Waals surface area (Å²) in [5.74, 6) is -0.417. The number of benzene rings is 2. The number of likely N-dealkylation sites (tertiary alicyclic amines) is 1. The molecular weight excluding hydrogens is 437 g/mol. The quantitative estimate of drug-likeness (QED) is 0.681. The van der Waals surface area contributed by atoms with Crippen molar-refractivity contribution in [3.63, 3.8) is 0 Å². The van der Waals surface area contributed by atoms with Gasteiger partial charge in [-0.2, -0.15) is 0 Å². The van der Waals surface area contributed by atoms with Crippen LogP contribution in [0.3, 0.4) is 0 Å². The first-order valence-electron chi connectivity index (χ1n) is 10.2. The fourth-order valence-corrected chi connectivity index (χ4v) is 4.04. The molecule has 0 spiro atoms. The van der Waals surface area contributed by atoms with Crippen molar-refractivity contribution in [2.24, 2.45) is 5.92 Å². The highest BCUT2D eigenvalue weighted by atomic mass is 35.5. The molecule has 1 fully saturated rings. The fraction of sp³-hybridized carbons (Fsp3) is 0.348. The Balaban J connectivity index is 1.57. The van der Waals surface area contributed by atoms with Crippen molar-refractivity contribution in [1.29, 1.82) is 0 Å². The largest absolute Gasteiger partial charge is 0.354 e. The molecule has 8 heteroatoms. The monoisotopic (exact) mass is 461 g/mol. The second kappa shape index (κ2) is 10.2. The maximum absolute atomic E-state index is 12.8. The number of amides is 3. The molecule has 0 bridgehead atoms. The van der Waals surface area contributed by atoms with E-state index in [-0.39, 0.29) is 29.7 Å². The van der Waals surface area contributed by atoms with Crippen molar-refractivity contribution in [3.05, 3.63) is 63.6 Å². The van der Waals surface area contributed by atoms with E-state index < -0.39 is 0 Å². The van der Waals surface area contributed by atoms with E-state index in [0.29, 0.717) is 52.8 Å². The lowest BCUT2D eigenvalue weighted by atomic mass is 9.95. The lowest BCUT2D eigenvalue weighted by Crippen LogP contribution is -2.44. The van der Waals surface area contributed by atoms with Crippen molar-refractivity contribution in [2.45, 2.75) is 32.7 Å². The van der Waals surface area contributed by atoms with Crippen LogP contribution in [0.25, 0.3) is 0 Å². The maximum atomic E-state index is 12.8. The first-order valence-corrected chi connectivity index (χ1v) is 11.0. The van der Waals surface area contributed by atoms with Crippen LogP contribution in [0.4, 0.5) is 5.69 Å². The van der Waals surface area contributed by atoms with E-state index in [1.807, 2.05) is 13.8 Å². The molecule has 3 amide bonds. The zero-order valence-corrected chi connectivity index (χ0v) is 19.0. The maximum Gasteiger partial charge on any atom is 0.255 e. The standard InChI is InChI=1S/C23H25Cl2N3O3/c1-14(2)26-21(29)15-7-9-28(10-8-15)23(31)16-3-5-20(6-4-16)27-22(30)17-11-18(24)13-19(25)12-17/h3-6,11-15H,7-10H2,1-2H3,(H,26,29)(H,27,30). The molecule has 1 aliphatic heterocycles. The Morgan fingerprint density at radius 3 is 2.06 bits per heavy atom. The van der Waals surface area contributed by atoms with Crippen molar-refractivity contribution in [3.8, 4) is 0 Å². The normalized spacial score (nSPS) is 14.4. The number of halogens is 2. The molecule has 0 unspecified atom stereocenters. The van der Waals surface area contributed by atoms with E-state index in [9.17, 15) is 14.4 Å². The molecule has 6 nitrogen and oxygen atoms in total. The third kappa shape index (κ3) is 6.21. The summed E-state index contributed by atoms with van der Waals surface area (Å²) in [5, 5.41) is 6.46. The molecule has 0 aromatic heterocycles. The van der Waals surface area contributed by atoms with Gasteiger partial charge < -0.3 is 15.5 Å². The third-order valence-electron chi connectivity index (χ3n) is 5.10. The number of piperidine rings is 1. The molecule has 2 aromatic carbocycles. The van der Waals surface area contributed by atoms with Gasteiger partial charge in [-0.3, -0.25) is 14.4 Å². The summed E-state index contributed by atoms with van der Waals surface area (Å²) in [6.07, 6.45) is 1.31. The molecular formula is C23H25Cl2N3O3. The molecule has 2 aromatic rings. The minimum Gasteiger partial charge on any atom is -0.354 e. The summed E-state index contributed by atoms with van der Waals surface area (Å²) in [5.41, 5.74) is 1.44. The highest BCUT2D eigenvalue weighted by Gasteiger charge is 2.28. The second-order valence-corrected chi connectivity index (χ2v) is 8.79. The van der Waals surface area contributed by atoms with Gasteiger partial charge in [-0.1, -0.05) is 23.2 Å². The van der Waals surface area contributed by atoms with Gasteiger partial charge in [0.25, 0.3) is 11.8 Å². The molecule has 0 aliphatic carbocycles. The van der Waals surface area contributed by atoms with Gasteiger partial charge >= 0.3 is 0 Å². The number of carbonyl (C=O) groups is 3. The highest BCUT2D eigenvalue weighted by molar-refractivity contribution is 6.35. The zero-order chi connectivity index (χ0) is 22.5. The Hall–Kier alpha value is -2.57. The predicted molar refractivity (Wildman–Crippen MR) is 123 cm³/mol. The van der Waals surface area contributed by atoms with E-state index in [4.69, 9.17) is 23.2 Å². The van der Waals surface area contributed by atoms with Crippen LogP contribution in [0.15, 0.2) is 42.5 Å². The lowest BCUT2D eigenvalue weighted by Gasteiger charge is -2.31. The average molecular weight is 462 g/mol. The van der Waals surface area contributed by atoms with Gasteiger partial charge in [0.05, 0.1) is 0 Å². The minimum absolute atomic E-state index is 0.0518. The SMILES string of the molecule is CC(C)NC(=O)C1CCN(C(=O)c2ccc(NC(=O)c3cc(Cl)cc(Cl)c3)cc2)CC1. The Morgan fingerprint density at radius 1 is 0.935 bits per heavy atom. The number of anilines is 1. The number of nitrogens with zero attached hydrogens (tertiary/aromatic N) is 1. The summed E-state index contributed by atoms with van der Waals surface area (Å²) >= 11 is 11.9. The van der Waals surface area contributed by atoms with E-state index in [2.05, 4.69) is 10.6 Å². The Labute approximate surface area is 191 Å². The van der Waals surface area contributed by atoms with Crippen LogP contribution in [0.5, 0.6) is 0 Å². The Kier molecular flexibility index (Phi) is 7.57. The fourth-order valence-electron chi connectivity index (χ4n) is 3.51. The van der Waals surface area contributed by atoms with E-state index in [0.717, 1.165) is 0 Å². The molecule has 31 heavy (non-hydrogen) atoms. The van der Waals surface area contributed by atoms with E-state index >= 15 is 0 Å². The lowest BCUT2D eigenvalue weighted by molar-refractivity contribution is -0.126. The summed E-state index contributed by atoms with van der Waals surface area (Å²) in [4.78, 5) is 39.1. The molecule has 1 saturated heterocycles.